The van der Waals surface area contributed by atoms with Gasteiger partial charge >= 0.3 is 0 Å². The van der Waals surface area contributed by atoms with E-state index in [0.717, 1.165) is 23.5 Å². The van der Waals surface area contributed by atoms with Gasteiger partial charge in [0.1, 0.15) is 0 Å². The molecule has 0 radical (unpaired) electrons. The highest BCUT2D eigenvalue weighted by molar-refractivity contribution is 6.31. The molecule has 0 amide bonds. The largest absolute Gasteiger partial charge is 0.388 e. The number of aliphatic hydroxyl groups is 1. The molecular weight excluding hydrogens is 424 g/mol. The van der Waals surface area contributed by atoms with Crippen molar-refractivity contribution in [2.45, 2.75) is 19.1 Å². The molecule has 5 rings (SSSR count). The van der Waals surface area contributed by atoms with E-state index < -0.39 is 5.60 Å². The highest BCUT2D eigenvalue weighted by Crippen LogP contribution is 2.25. The first-order chi connectivity index (χ1) is 15.4. The molecule has 1 aromatic heterocycles. The minimum Gasteiger partial charge on any atom is -0.388 e. The van der Waals surface area contributed by atoms with Gasteiger partial charge < -0.3 is 10.4 Å². The molecule has 32 heavy (non-hydrogen) atoms. The van der Waals surface area contributed by atoms with Crippen molar-refractivity contribution in [1.82, 2.24) is 14.5 Å². The molecule has 0 atom stereocenters. The Morgan fingerprint density at radius 3 is 2.47 bits per heavy atom. The van der Waals surface area contributed by atoms with Crippen molar-refractivity contribution >= 4 is 34.1 Å². The summed E-state index contributed by atoms with van der Waals surface area (Å²) in [6.45, 7) is 4.01. The van der Waals surface area contributed by atoms with Crippen LogP contribution in [0.25, 0.3) is 16.6 Å². The van der Waals surface area contributed by atoms with Crippen LogP contribution in [-0.2, 0) is 6.54 Å². The van der Waals surface area contributed by atoms with Crippen LogP contribution in [0.2, 0.25) is 5.02 Å². The molecule has 1 fully saturated rings. The Bertz CT molecular complexity index is 1330. The van der Waals surface area contributed by atoms with Gasteiger partial charge in [-0.3, -0.25) is 9.69 Å². The number of para-hydroxylation sites is 1. The van der Waals surface area contributed by atoms with Crippen molar-refractivity contribution in [2.75, 3.05) is 18.4 Å². The second-order valence-corrected chi connectivity index (χ2v) is 8.97. The number of aromatic nitrogens is 2. The summed E-state index contributed by atoms with van der Waals surface area (Å²) in [7, 11) is 0. The van der Waals surface area contributed by atoms with Crippen LogP contribution < -0.4 is 10.9 Å². The van der Waals surface area contributed by atoms with Crippen molar-refractivity contribution in [3.05, 3.63) is 93.7 Å². The van der Waals surface area contributed by atoms with Crippen LogP contribution in [0.15, 0.2) is 77.6 Å². The molecule has 0 saturated carbocycles. The normalized spacial score (nSPS) is 15.5. The molecular formula is C25H23ClN4O2. The lowest BCUT2D eigenvalue weighted by Crippen LogP contribution is -2.59. The molecule has 7 heteroatoms. The first kappa shape index (κ1) is 20.7. The predicted octanol–water partition coefficient (Wildman–Crippen LogP) is 4.35. The smallest absolute Gasteiger partial charge is 0.267 e. The van der Waals surface area contributed by atoms with Crippen molar-refractivity contribution < 1.29 is 5.11 Å². The first-order valence-corrected chi connectivity index (χ1v) is 10.8. The fraction of sp³-hybridized carbons (Fsp3) is 0.200. The Kier molecular flexibility index (Phi) is 5.21. The van der Waals surface area contributed by atoms with Gasteiger partial charge in [-0.15, -0.1) is 0 Å². The topological polar surface area (TPSA) is 70.4 Å². The number of anilines is 2. The Hall–Kier alpha value is -3.19. The molecule has 4 aromatic rings. The van der Waals surface area contributed by atoms with Gasteiger partial charge in [0, 0.05) is 30.3 Å². The van der Waals surface area contributed by atoms with Gasteiger partial charge in [0.05, 0.1) is 22.2 Å². The third-order valence-electron chi connectivity index (χ3n) is 5.59. The van der Waals surface area contributed by atoms with E-state index in [1.54, 1.807) is 22.8 Å². The zero-order valence-electron chi connectivity index (χ0n) is 17.6. The number of hydrogen-bond donors (Lipinski definition) is 2. The van der Waals surface area contributed by atoms with Crippen LogP contribution >= 0.6 is 11.6 Å². The van der Waals surface area contributed by atoms with E-state index >= 15 is 0 Å². The van der Waals surface area contributed by atoms with Gasteiger partial charge in [-0.05, 0) is 55.0 Å². The van der Waals surface area contributed by atoms with Gasteiger partial charge in [0.25, 0.3) is 5.56 Å². The lowest BCUT2D eigenvalue weighted by atomic mass is 9.96. The number of benzene rings is 3. The Balaban J connectivity index is 1.48. The van der Waals surface area contributed by atoms with Crippen LogP contribution in [0.4, 0.5) is 11.6 Å². The molecule has 0 unspecified atom stereocenters. The number of nitrogens with zero attached hydrogens (tertiary/aromatic N) is 3. The highest BCUT2D eigenvalue weighted by atomic mass is 35.5. The van der Waals surface area contributed by atoms with Crippen LogP contribution in [0.3, 0.4) is 0 Å². The van der Waals surface area contributed by atoms with Gasteiger partial charge in [0.15, 0.2) is 0 Å². The third-order valence-corrected chi connectivity index (χ3v) is 5.82. The number of rotatable bonds is 5. The molecule has 2 heterocycles. The van der Waals surface area contributed by atoms with E-state index in [1.165, 1.54) is 0 Å². The van der Waals surface area contributed by atoms with Crippen LogP contribution in [0, 0.1) is 0 Å². The van der Waals surface area contributed by atoms with E-state index in [1.807, 2.05) is 61.5 Å². The fourth-order valence-corrected chi connectivity index (χ4v) is 4.34. The van der Waals surface area contributed by atoms with E-state index in [4.69, 9.17) is 16.6 Å². The van der Waals surface area contributed by atoms with Crippen LogP contribution in [0.5, 0.6) is 0 Å². The zero-order chi connectivity index (χ0) is 22.3. The number of nitrogens with one attached hydrogen (secondary N) is 1. The van der Waals surface area contributed by atoms with Crippen molar-refractivity contribution in [1.29, 1.82) is 0 Å². The van der Waals surface area contributed by atoms with Gasteiger partial charge in [-0.2, -0.15) is 0 Å². The molecule has 0 spiro atoms. The summed E-state index contributed by atoms with van der Waals surface area (Å²) in [6.07, 6.45) is 0. The number of hydrogen-bond acceptors (Lipinski definition) is 5. The summed E-state index contributed by atoms with van der Waals surface area (Å²) in [5, 5.41) is 14.2. The Morgan fingerprint density at radius 1 is 1.06 bits per heavy atom. The van der Waals surface area contributed by atoms with E-state index in [0.29, 0.717) is 35.0 Å². The molecule has 1 saturated heterocycles. The number of likely N-dealkylation sites (tertiary alicyclic amines) is 1. The lowest BCUT2D eigenvalue weighted by molar-refractivity contribution is -0.0871. The Labute approximate surface area is 190 Å². The first-order valence-electron chi connectivity index (χ1n) is 10.5. The molecule has 162 valence electrons. The second-order valence-electron chi connectivity index (χ2n) is 8.54. The number of fused-ring (bicyclic) bond motifs is 1. The average Bonchev–Trinajstić information content (AvgIpc) is 2.75. The summed E-state index contributed by atoms with van der Waals surface area (Å²) < 4.78 is 1.56. The van der Waals surface area contributed by atoms with Crippen molar-refractivity contribution in [2.24, 2.45) is 0 Å². The predicted molar refractivity (Wildman–Crippen MR) is 128 cm³/mol. The average molecular weight is 447 g/mol. The molecule has 0 aliphatic carbocycles. The van der Waals surface area contributed by atoms with E-state index in [2.05, 4.69) is 10.2 Å². The maximum Gasteiger partial charge on any atom is 0.267 e. The maximum atomic E-state index is 13.4. The molecule has 6 nitrogen and oxygen atoms in total. The summed E-state index contributed by atoms with van der Waals surface area (Å²) in [4.78, 5) is 20.3. The minimum atomic E-state index is -0.575. The van der Waals surface area contributed by atoms with Gasteiger partial charge in [0.2, 0.25) is 5.95 Å². The minimum absolute atomic E-state index is 0.187. The summed E-state index contributed by atoms with van der Waals surface area (Å²) >= 11 is 6.13. The quantitative estimate of drug-likeness (QED) is 0.477. The van der Waals surface area contributed by atoms with Crippen molar-refractivity contribution in [3.63, 3.8) is 0 Å². The standard InChI is InChI=1S/C25H23ClN4O2/c1-25(32)15-29(16-25)14-17-7-10-19(11-8-17)27-24-28-22-12-9-18(26)13-21(22)23(31)30(24)20-5-3-2-4-6-20/h2-13,32H,14-16H2,1H3,(H,27,28). The van der Waals surface area contributed by atoms with E-state index in [9.17, 15) is 9.90 Å². The monoisotopic (exact) mass is 446 g/mol. The molecule has 1 aliphatic heterocycles. The summed E-state index contributed by atoms with van der Waals surface area (Å²) in [6, 6.07) is 22.6. The number of β-amino-alcohol motifs (C(OH)–C–C–N with tert-alkyl or cyclic N) is 1. The number of halogens is 1. The van der Waals surface area contributed by atoms with Gasteiger partial charge in [-0.1, -0.05) is 41.9 Å². The Morgan fingerprint density at radius 2 is 1.78 bits per heavy atom. The summed E-state index contributed by atoms with van der Waals surface area (Å²) in [5.41, 5.74) is 2.52. The van der Waals surface area contributed by atoms with Gasteiger partial charge in [-0.25, -0.2) is 9.55 Å². The second kappa shape index (κ2) is 8.06. The molecule has 2 N–H and O–H groups in total. The SMILES string of the molecule is CC1(O)CN(Cc2ccc(Nc3nc4ccc(Cl)cc4c(=O)n3-c3ccccc3)cc2)C1. The van der Waals surface area contributed by atoms with Crippen LogP contribution in [-0.4, -0.2) is 38.2 Å². The molecule has 3 aromatic carbocycles. The highest BCUT2D eigenvalue weighted by Gasteiger charge is 2.35. The fourth-order valence-electron chi connectivity index (χ4n) is 4.17. The zero-order valence-corrected chi connectivity index (χ0v) is 18.4. The third kappa shape index (κ3) is 4.12. The maximum absolute atomic E-state index is 13.4. The molecule has 1 aliphatic rings. The summed E-state index contributed by atoms with van der Waals surface area (Å²) in [5.74, 6) is 0.433. The molecule has 0 bridgehead atoms. The van der Waals surface area contributed by atoms with Crippen molar-refractivity contribution in [3.8, 4) is 5.69 Å². The lowest BCUT2D eigenvalue weighted by Gasteiger charge is -2.44. The van der Waals surface area contributed by atoms with Crippen LogP contribution in [0.1, 0.15) is 12.5 Å². The van der Waals surface area contributed by atoms with E-state index in [-0.39, 0.29) is 5.56 Å².